The van der Waals surface area contributed by atoms with Crippen molar-refractivity contribution < 1.29 is 29.0 Å². The van der Waals surface area contributed by atoms with Crippen molar-refractivity contribution in [1.82, 2.24) is 20.5 Å². The zero-order chi connectivity index (χ0) is 32.6. The van der Waals surface area contributed by atoms with Crippen LogP contribution >= 0.6 is 24.8 Å². The highest BCUT2D eigenvalue weighted by Gasteiger charge is 2.25. The van der Waals surface area contributed by atoms with Crippen LogP contribution in [0.1, 0.15) is 65.6 Å². The second-order valence-corrected chi connectivity index (χ2v) is 11.0. The molecule has 2 aromatic rings. The number of aliphatic hydroxyl groups excluding tert-OH is 1. The molecule has 3 rings (SSSR count). The Hall–Kier alpha value is -2.64. The van der Waals surface area contributed by atoms with Crippen molar-refractivity contribution in [3.05, 3.63) is 41.0 Å². The highest BCUT2D eigenvalue weighted by atomic mass is 32.1. The van der Waals surface area contributed by atoms with E-state index < -0.39 is 11.9 Å². The van der Waals surface area contributed by atoms with Gasteiger partial charge in [0.1, 0.15) is 25.8 Å². The van der Waals surface area contributed by atoms with Crippen LogP contribution in [0.5, 0.6) is 0 Å². The molecule has 3 N–H and O–H groups in total. The third kappa shape index (κ3) is 20.0. The SMILES string of the molecule is CC.CC(C)(C)C(C=O)NC(=O)COCC=O.CC1CCCN1C.CO.Cc1ncsc1-c1ccc(CNC=O)cc1.S. The van der Waals surface area contributed by atoms with Gasteiger partial charge < -0.3 is 35.0 Å². The molecule has 12 heteroatoms. The number of hydrogen-bond donors (Lipinski definition) is 3. The first kappa shape index (κ1) is 44.8. The van der Waals surface area contributed by atoms with E-state index in [1.165, 1.54) is 29.8 Å². The maximum atomic E-state index is 11.2. The zero-order valence-corrected chi connectivity index (χ0v) is 29.1. The fourth-order valence-electron chi connectivity index (χ4n) is 3.46. The molecule has 43 heavy (non-hydrogen) atoms. The van der Waals surface area contributed by atoms with Crippen molar-refractivity contribution >= 4 is 49.7 Å². The Morgan fingerprint density at radius 1 is 1.19 bits per heavy atom. The van der Waals surface area contributed by atoms with Gasteiger partial charge >= 0.3 is 0 Å². The van der Waals surface area contributed by atoms with Crippen LogP contribution in [0.4, 0.5) is 0 Å². The lowest BCUT2D eigenvalue weighted by Gasteiger charge is -2.26. The average molecular weight is 643 g/mol. The standard InChI is InChI=1S/C12H12N2OS.C10H17NO4.C6H13N.C2H6.CH4O.H2S/c1-9-12(16-8-14-9)11-4-2-10(3-5-11)6-13-7-15;1-10(2,3)8(6-13)11-9(14)7-15-5-4-12;1-6-4-3-5-7(6)2;2*1-2;/h2-5,7-8H,6H2,1H3,(H,13,15);4,6,8H,5,7H2,1-3H3,(H,11,14);6H,3-5H2,1-2H3;1-2H3;2H,1H3;1H2. The molecule has 0 radical (unpaired) electrons. The van der Waals surface area contributed by atoms with Crippen LogP contribution < -0.4 is 10.6 Å². The van der Waals surface area contributed by atoms with E-state index in [-0.39, 0.29) is 32.1 Å². The molecule has 0 bridgehead atoms. The number of likely N-dealkylation sites (tertiary alicyclic amines) is 1. The topological polar surface area (TPSA) is 138 Å². The van der Waals surface area contributed by atoms with Crippen LogP contribution in [-0.4, -0.2) is 85.9 Å². The number of carbonyl (C=O) groups excluding carboxylic acids is 4. The average Bonchev–Trinajstić information content (AvgIpc) is 3.59. The van der Waals surface area contributed by atoms with Crippen molar-refractivity contribution in [3.63, 3.8) is 0 Å². The van der Waals surface area contributed by atoms with Crippen molar-refractivity contribution in [2.75, 3.05) is 33.9 Å². The van der Waals surface area contributed by atoms with E-state index in [1.54, 1.807) is 11.3 Å². The van der Waals surface area contributed by atoms with Gasteiger partial charge in [0.15, 0.2) is 0 Å². The number of aryl methyl sites for hydroxylation is 1. The third-order valence-electron chi connectivity index (χ3n) is 6.04. The molecule has 0 saturated carbocycles. The summed E-state index contributed by atoms with van der Waals surface area (Å²) in [6.07, 6.45) is 4.77. The van der Waals surface area contributed by atoms with E-state index in [9.17, 15) is 19.2 Å². The minimum atomic E-state index is -0.551. The summed E-state index contributed by atoms with van der Waals surface area (Å²) < 4.78 is 4.71. The minimum Gasteiger partial charge on any atom is -0.400 e. The molecule has 10 nitrogen and oxygen atoms in total. The first-order valence-electron chi connectivity index (χ1n) is 14.1. The molecule has 246 valence electrons. The maximum absolute atomic E-state index is 11.2. The van der Waals surface area contributed by atoms with Gasteiger partial charge in [-0.2, -0.15) is 13.5 Å². The minimum absolute atomic E-state index is 0. The molecule has 1 aromatic heterocycles. The van der Waals surface area contributed by atoms with Crippen LogP contribution in [0.15, 0.2) is 29.8 Å². The Bertz CT molecular complexity index is 989. The van der Waals surface area contributed by atoms with Gasteiger partial charge in [-0.05, 0) is 56.8 Å². The lowest BCUT2D eigenvalue weighted by atomic mass is 9.88. The van der Waals surface area contributed by atoms with Gasteiger partial charge in [0, 0.05) is 19.7 Å². The number of hydrogen-bond acceptors (Lipinski definition) is 9. The number of aldehydes is 2. The molecule has 1 fully saturated rings. The summed E-state index contributed by atoms with van der Waals surface area (Å²) in [5, 5.41) is 12.2. The van der Waals surface area contributed by atoms with Crippen molar-refractivity contribution in [1.29, 1.82) is 0 Å². The Kier molecular flexibility index (Phi) is 28.1. The second-order valence-electron chi connectivity index (χ2n) is 10.2. The van der Waals surface area contributed by atoms with Crippen LogP contribution in [0.2, 0.25) is 0 Å². The highest BCUT2D eigenvalue weighted by Crippen LogP contribution is 2.27. The lowest BCUT2D eigenvalue weighted by molar-refractivity contribution is -0.130. The Balaban J connectivity index is -0.000000549. The summed E-state index contributed by atoms with van der Waals surface area (Å²) >= 11 is 1.64. The Morgan fingerprint density at radius 3 is 2.16 bits per heavy atom. The molecule has 2 amide bonds. The molecule has 2 unspecified atom stereocenters. The third-order valence-corrected chi connectivity index (χ3v) is 7.02. The number of nitrogens with zero attached hydrogens (tertiary/aromatic N) is 2. The van der Waals surface area contributed by atoms with Gasteiger partial charge in [-0.15, -0.1) is 11.3 Å². The first-order valence-corrected chi connectivity index (χ1v) is 15.0. The molecule has 2 atom stereocenters. The number of carbonyl (C=O) groups is 4. The quantitative estimate of drug-likeness (QED) is 0.260. The van der Waals surface area contributed by atoms with Crippen molar-refractivity contribution in [3.8, 4) is 10.4 Å². The fraction of sp³-hybridized carbons (Fsp3) is 0.581. The molecule has 1 aromatic carbocycles. The van der Waals surface area contributed by atoms with Gasteiger partial charge in [-0.3, -0.25) is 9.59 Å². The monoisotopic (exact) mass is 642 g/mol. The lowest BCUT2D eigenvalue weighted by Crippen LogP contribution is -2.46. The molecule has 1 saturated heterocycles. The second kappa shape index (κ2) is 26.9. The summed E-state index contributed by atoms with van der Waals surface area (Å²) in [6.45, 7) is 15.4. The predicted molar refractivity (Wildman–Crippen MR) is 181 cm³/mol. The molecular formula is C31H54N4O6S2. The summed E-state index contributed by atoms with van der Waals surface area (Å²) in [6, 6.07) is 8.45. The molecule has 0 aliphatic carbocycles. The van der Waals surface area contributed by atoms with Gasteiger partial charge in [0.05, 0.1) is 22.1 Å². The van der Waals surface area contributed by atoms with Crippen LogP contribution in [0, 0.1) is 12.3 Å². The normalized spacial score (nSPS) is 14.1. The van der Waals surface area contributed by atoms with Crippen LogP contribution in [0.3, 0.4) is 0 Å². The highest BCUT2D eigenvalue weighted by molar-refractivity contribution is 7.59. The van der Waals surface area contributed by atoms with E-state index in [2.05, 4.69) is 46.6 Å². The van der Waals surface area contributed by atoms with E-state index in [0.717, 1.165) is 24.4 Å². The number of aromatic nitrogens is 1. The molecule has 1 aliphatic rings. The van der Waals surface area contributed by atoms with E-state index >= 15 is 0 Å². The van der Waals surface area contributed by atoms with Gasteiger partial charge in [0.25, 0.3) is 0 Å². The van der Waals surface area contributed by atoms with E-state index in [4.69, 9.17) is 9.84 Å². The number of amides is 2. The largest absolute Gasteiger partial charge is 0.400 e. The van der Waals surface area contributed by atoms with Gasteiger partial charge in [0.2, 0.25) is 12.3 Å². The fourth-order valence-corrected chi connectivity index (χ4v) is 4.27. The Morgan fingerprint density at radius 2 is 1.79 bits per heavy atom. The summed E-state index contributed by atoms with van der Waals surface area (Å²) in [5.74, 6) is -0.399. The van der Waals surface area contributed by atoms with Crippen molar-refractivity contribution in [2.45, 2.75) is 79.9 Å². The number of aliphatic hydroxyl groups is 1. The maximum Gasteiger partial charge on any atom is 0.246 e. The number of ether oxygens (including phenoxy) is 1. The van der Waals surface area contributed by atoms with E-state index in [1.807, 2.05) is 59.2 Å². The van der Waals surface area contributed by atoms with Gasteiger partial charge in [-0.1, -0.05) is 58.9 Å². The summed E-state index contributed by atoms with van der Waals surface area (Å²) in [4.78, 5) is 49.8. The number of benzene rings is 1. The smallest absolute Gasteiger partial charge is 0.246 e. The Labute approximate surface area is 269 Å². The molecule has 1 aliphatic heterocycles. The van der Waals surface area contributed by atoms with Crippen LogP contribution in [0.25, 0.3) is 10.4 Å². The van der Waals surface area contributed by atoms with Crippen molar-refractivity contribution in [2.24, 2.45) is 5.41 Å². The molecular weight excluding hydrogens is 588 g/mol. The number of thiazole rings is 1. The summed E-state index contributed by atoms with van der Waals surface area (Å²) in [7, 11) is 3.19. The summed E-state index contributed by atoms with van der Waals surface area (Å²) in [5.41, 5.74) is 4.85. The van der Waals surface area contributed by atoms with E-state index in [0.29, 0.717) is 25.5 Å². The zero-order valence-electron chi connectivity index (χ0n) is 27.3. The van der Waals surface area contributed by atoms with Crippen LogP contribution in [-0.2, 0) is 30.5 Å². The predicted octanol–water partition coefficient (Wildman–Crippen LogP) is 4.14. The first-order chi connectivity index (χ1) is 20.0. The number of rotatable bonds is 10. The molecule has 2 heterocycles. The molecule has 0 spiro atoms. The van der Waals surface area contributed by atoms with Gasteiger partial charge in [-0.25, -0.2) is 4.98 Å². The number of nitrogens with one attached hydrogen (secondary N) is 2.